The molecule has 1 aliphatic heterocycles. The smallest absolute Gasteiger partial charge is 0.0471 e. The number of halogens is 2. The van der Waals surface area contributed by atoms with E-state index < -0.39 is 0 Å². The third-order valence-electron chi connectivity index (χ3n) is 3.85. The van der Waals surface area contributed by atoms with Gasteiger partial charge in [0.25, 0.3) is 0 Å². The molecule has 1 saturated heterocycles. The van der Waals surface area contributed by atoms with Crippen LogP contribution in [0.1, 0.15) is 18.5 Å². The molecule has 5 heteroatoms. The highest BCUT2D eigenvalue weighted by Gasteiger charge is 2.23. The van der Waals surface area contributed by atoms with E-state index in [0.29, 0.717) is 12.6 Å². The lowest BCUT2D eigenvalue weighted by Gasteiger charge is -2.38. The van der Waals surface area contributed by atoms with Crippen molar-refractivity contribution >= 4 is 31.9 Å². The molecule has 2 N–H and O–H groups in total. The molecule has 0 spiro atoms. The average molecular weight is 391 g/mol. The Morgan fingerprint density at radius 3 is 2.37 bits per heavy atom. The van der Waals surface area contributed by atoms with E-state index in [-0.39, 0.29) is 0 Å². The van der Waals surface area contributed by atoms with Crippen LogP contribution in [0.25, 0.3) is 0 Å². The van der Waals surface area contributed by atoms with Crippen LogP contribution in [0.2, 0.25) is 0 Å². The monoisotopic (exact) mass is 389 g/mol. The first-order valence-corrected chi connectivity index (χ1v) is 8.35. The summed E-state index contributed by atoms with van der Waals surface area (Å²) in [6.45, 7) is 8.52. The normalized spacial score (nSPS) is 19.6. The van der Waals surface area contributed by atoms with Crippen molar-refractivity contribution in [3.05, 3.63) is 32.7 Å². The lowest BCUT2D eigenvalue weighted by Crippen LogP contribution is -2.48. The Labute approximate surface area is 132 Å². The second-order valence-corrected chi connectivity index (χ2v) is 6.60. The Kier molecular flexibility index (Phi) is 5.84. The van der Waals surface area contributed by atoms with Gasteiger partial charge >= 0.3 is 0 Å². The Morgan fingerprint density at radius 1 is 1.16 bits per heavy atom. The zero-order chi connectivity index (χ0) is 13.8. The van der Waals surface area contributed by atoms with E-state index in [4.69, 9.17) is 5.73 Å². The minimum atomic E-state index is 0.323. The van der Waals surface area contributed by atoms with Crippen molar-refractivity contribution in [2.45, 2.75) is 13.0 Å². The highest BCUT2D eigenvalue weighted by Crippen LogP contribution is 2.29. The van der Waals surface area contributed by atoms with Crippen LogP contribution < -0.4 is 5.73 Å². The molecule has 0 radical (unpaired) electrons. The summed E-state index contributed by atoms with van der Waals surface area (Å²) in [4.78, 5) is 4.99. The second kappa shape index (κ2) is 7.18. The number of hydrogen-bond acceptors (Lipinski definition) is 3. The van der Waals surface area contributed by atoms with Gasteiger partial charge in [0.15, 0.2) is 0 Å². The summed E-state index contributed by atoms with van der Waals surface area (Å²) in [6, 6.07) is 6.75. The van der Waals surface area contributed by atoms with Crippen LogP contribution in [0, 0.1) is 0 Å². The highest BCUT2D eigenvalue weighted by atomic mass is 79.9. The number of nitrogens with zero attached hydrogens (tertiary/aromatic N) is 2. The predicted octanol–water partition coefficient (Wildman–Crippen LogP) is 2.85. The van der Waals surface area contributed by atoms with Gasteiger partial charge in [0, 0.05) is 47.7 Å². The van der Waals surface area contributed by atoms with Gasteiger partial charge in [-0.2, -0.15) is 0 Å². The van der Waals surface area contributed by atoms with Gasteiger partial charge in [0.05, 0.1) is 0 Å². The van der Waals surface area contributed by atoms with Crippen LogP contribution in [0.4, 0.5) is 0 Å². The Bertz CT molecular complexity index is 417. The number of nitrogens with two attached hydrogens (primary N) is 1. The maximum atomic E-state index is 6.01. The standard InChI is InChI=1S/C14H21Br2N3/c1-2-18-5-7-19(8-6-18)14(10-17)11-3-4-12(15)13(16)9-11/h3-4,9,14H,2,5-8,10,17H2,1H3. The minimum absolute atomic E-state index is 0.323. The Morgan fingerprint density at radius 2 is 1.84 bits per heavy atom. The van der Waals surface area contributed by atoms with E-state index in [1.165, 1.54) is 5.56 Å². The van der Waals surface area contributed by atoms with Crippen molar-refractivity contribution in [3.63, 3.8) is 0 Å². The minimum Gasteiger partial charge on any atom is -0.329 e. The predicted molar refractivity (Wildman–Crippen MR) is 87.3 cm³/mol. The largest absolute Gasteiger partial charge is 0.329 e. The molecule has 1 heterocycles. The van der Waals surface area contributed by atoms with Crippen molar-refractivity contribution in [3.8, 4) is 0 Å². The van der Waals surface area contributed by atoms with Crippen LogP contribution in [0.15, 0.2) is 27.1 Å². The SMILES string of the molecule is CCN1CCN(C(CN)c2ccc(Br)c(Br)c2)CC1. The molecule has 19 heavy (non-hydrogen) atoms. The third kappa shape index (κ3) is 3.79. The Balaban J connectivity index is 2.09. The van der Waals surface area contributed by atoms with Gasteiger partial charge in [0.2, 0.25) is 0 Å². The van der Waals surface area contributed by atoms with E-state index in [0.717, 1.165) is 41.7 Å². The van der Waals surface area contributed by atoms with E-state index in [2.05, 4.69) is 66.8 Å². The summed E-state index contributed by atoms with van der Waals surface area (Å²) in [7, 11) is 0. The zero-order valence-electron chi connectivity index (χ0n) is 11.3. The number of benzene rings is 1. The fourth-order valence-corrected chi connectivity index (χ4v) is 3.25. The summed E-state index contributed by atoms with van der Waals surface area (Å²) in [5.41, 5.74) is 7.30. The molecular formula is C14H21Br2N3. The number of rotatable bonds is 4. The first kappa shape index (κ1) is 15.4. The quantitative estimate of drug-likeness (QED) is 0.857. The van der Waals surface area contributed by atoms with E-state index in [1.807, 2.05) is 0 Å². The fraction of sp³-hybridized carbons (Fsp3) is 0.571. The number of piperazine rings is 1. The van der Waals surface area contributed by atoms with Gasteiger partial charge in [0.1, 0.15) is 0 Å². The molecule has 0 aromatic heterocycles. The van der Waals surface area contributed by atoms with Crippen LogP contribution in [-0.4, -0.2) is 49.1 Å². The maximum absolute atomic E-state index is 6.01. The molecule has 1 aromatic carbocycles. The third-order valence-corrected chi connectivity index (χ3v) is 5.73. The van der Waals surface area contributed by atoms with E-state index >= 15 is 0 Å². The highest BCUT2D eigenvalue weighted by molar-refractivity contribution is 9.13. The lowest BCUT2D eigenvalue weighted by molar-refractivity contribution is 0.102. The van der Waals surface area contributed by atoms with Crippen molar-refractivity contribution in [2.24, 2.45) is 5.73 Å². The average Bonchev–Trinajstić information content (AvgIpc) is 2.44. The summed E-state index contributed by atoms with van der Waals surface area (Å²) < 4.78 is 2.18. The van der Waals surface area contributed by atoms with Gasteiger partial charge in [-0.25, -0.2) is 0 Å². The van der Waals surface area contributed by atoms with Crippen molar-refractivity contribution < 1.29 is 0 Å². The Hall–Kier alpha value is 0.0600. The van der Waals surface area contributed by atoms with Crippen LogP contribution in [0.5, 0.6) is 0 Å². The van der Waals surface area contributed by atoms with E-state index in [9.17, 15) is 0 Å². The van der Waals surface area contributed by atoms with Gasteiger partial charge < -0.3 is 10.6 Å². The van der Waals surface area contributed by atoms with Gasteiger partial charge in [-0.05, 0) is 56.1 Å². The molecule has 1 fully saturated rings. The van der Waals surface area contributed by atoms with Crippen molar-refractivity contribution in [1.82, 2.24) is 9.80 Å². The van der Waals surface area contributed by atoms with Crippen LogP contribution in [0.3, 0.4) is 0 Å². The van der Waals surface area contributed by atoms with Crippen molar-refractivity contribution in [1.29, 1.82) is 0 Å². The molecular weight excluding hydrogens is 370 g/mol. The maximum Gasteiger partial charge on any atom is 0.0471 e. The molecule has 0 saturated carbocycles. The molecule has 3 nitrogen and oxygen atoms in total. The summed E-state index contributed by atoms with van der Waals surface area (Å²) >= 11 is 7.09. The second-order valence-electron chi connectivity index (χ2n) is 4.90. The molecule has 0 bridgehead atoms. The summed E-state index contributed by atoms with van der Waals surface area (Å²) in [5, 5.41) is 0. The summed E-state index contributed by atoms with van der Waals surface area (Å²) in [6.07, 6.45) is 0. The van der Waals surface area contributed by atoms with Gasteiger partial charge in [-0.15, -0.1) is 0 Å². The van der Waals surface area contributed by atoms with Gasteiger partial charge in [-0.1, -0.05) is 13.0 Å². The number of hydrogen-bond donors (Lipinski definition) is 1. The topological polar surface area (TPSA) is 32.5 Å². The fourth-order valence-electron chi connectivity index (χ4n) is 2.61. The molecule has 2 rings (SSSR count). The van der Waals surface area contributed by atoms with Crippen molar-refractivity contribution in [2.75, 3.05) is 39.3 Å². The lowest BCUT2D eigenvalue weighted by atomic mass is 10.0. The molecule has 1 unspecified atom stereocenters. The van der Waals surface area contributed by atoms with Gasteiger partial charge in [-0.3, -0.25) is 4.90 Å². The molecule has 106 valence electrons. The van der Waals surface area contributed by atoms with E-state index in [1.54, 1.807) is 0 Å². The first-order chi connectivity index (χ1) is 9.15. The molecule has 0 aliphatic carbocycles. The molecule has 1 aromatic rings. The number of likely N-dealkylation sites (N-methyl/N-ethyl adjacent to an activating group) is 1. The first-order valence-electron chi connectivity index (χ1n) is 6.77. The van der Waals surface area contributed by atoms with Crippen LogP contribution >= 0.6 is 31.9 Å². The molecule has 0 amide bonds. The summed E-state index contributed by atoms with van der Waals surface area (Å²) in [5.74, 6) is 0. The zero-order valence-corrected chi connectivity index (χ0v) is 14.5. The van der Waals surface area contributed by atoms with Crippen LogP contribution in [-0.2, 0) is 0 Å². The molecule has 1 aliphatic rings. The molecule has 1 atom stereocenters.